The fourth-order valence-corrected chi connectivity index (χ4v) is 2.90. The zero-order valence-corrected chi connectivity index (χ0v) is 18.2. The summed E-state index contributed by atoms with van der Waals surface area (Å²) >= 11 is 6.05. The van der Waals surface area contributed by atoms with E-state index in [9.17, 15) is 31.1 Å². The SMILES string of the molecule is N/C(=C\C(=Nc1ccccc1Cl)c1ccc(C(=O)Nc2cccc(C(F)(F)F)n2)cc1)C(F)(F)F. The van der Waals surface area contributed by atoms with Gasteiger partial charge in [0.15, 0.2) is 0 Å². The number of amides is 1. The summed E-state index contributed by atoms with van der Waals surface area (Å²) in [5, 5.41) is 2.43. The second kappa shape index (κ2) is 10.2. The maximum atomic E-state index is 13.0. The first kappa shape index (κ1) is 25.8. The lowest BCUT2D eigenvalue weighted by Crippen LogP contribution is -2.21. The summed E-state index contributed by atoms with van der Waals surface area (Å²) in [6.45, 7) is 0. The van der Waals surface area contributed by atoms with Gasteiger partial charge in [-0.25, -0.2) is 9.98 Å². The molecule has 182 valence electrons. The predicted molar refractivity (Wildman–Crippen MR) is 120 cm³/mol. The van der Waals surface area contributed by atoms with Crippen molar-refractivity contribution in [2.24, 2.45) is 10.7 Å². The number of carbonyl (C=O) groups is 1. The van der Waals surface area contributed by atoms with Crippen LogP contribution in [-0.4, -0.2) is 22.8 Å². The van der Waals surface area contributed by atoms with E-state index in [4.69, 9.17) is 17.3 Å². The van der Waals surface area contributed by atoms with E-state index in [1.54, 1.807) is 12.1 Å². The third-order valence-electron chi connectivity index (χ3n) is 4.44. The van der Waals surface area contributed by atoms with E-state index in [-0.39, 0.29) is 33.4 Å². The number of benzene rings is 2. The Morgan fingerprint density at radius 1 is 0.914 bits per heavy atom. The van der Waals surface area contributed by atoms with Gasteiger partial charge in [0.1, 0.15) is 17.2 Å². The number of para-hydroxylation sites is 1. The number of carbonyl (C=O) groups excluding carboxylic acids is 1. The van der Waals surface area contributed by atoms with Gasteiger partial charge in [-0.1, -0.05) is 41.9 Å². The van der Waals surface area contributed by atoms with Crippen molar-refractivity contribution in [3.63, 3.8) is 0 Å². The number of rotatable bonds is 5. The molecule has 3 N–H and O–H groups in total. The number of allylic oxidation sites excluding steroid dienone is 2. The molecule has 0 fully saturated rings. The van der Waals surface area contributed by atoms with Crippen molar-refractivity contribution < 1.29 is 31.1 Å². The van der Waals surface area contributed by atoms with Crippen LogP contribution in [0, 0.1) is 0 Å². The lowest BCUT2D eigenvalue weighted by molar-refractivity contribution is -0.141. The Hall–Kier alpha value is -3.86. The first-order chi connectivity index (χ1) is 16.3. The number of hydrogen-bond donors (Lipinski definition) is 2. The van der Waals surface area contributed by atoms with E-state index in [1.807, 2.05) is 0 Å². The molecule has 3 aromatic rings. The van der Waals surface area contributed by atoms with E-state index in [2.05, 4.69) is 15.3 Å². The Morgan fingerprint density at radius 2 is 1.54 bits per heavy atom. The van der Waals surface area contributed by atoms with E-state index in [0.717, 1.165) is 12.1 Å². The van der Waals surface area contributed by atoms with Crippen LogP contribution in [-0.2, 0) is 6.18 Å². The van der Waals surface area contributed by atoms with Crippen LogP contribution < -0.4 is 11.1 Å². The highest BCUT2D eigenvalue weighted by molar-refractivity contribution is 6.33. The first-order valence-corrected chi connectivity index (χ1v) is 10.1. The molecule has 0 atom stereocenters. The van der Waals surface area contributed by atoms with E-state index >= 15 is 0 Å². The largest absolute Gasteiger partial charge is 0.433 e. The Labute approximate surface area is 200 Å². The summed E-state index contributed by atoms with van der Waals surface area (Å²) < 4.78 is 77.5. The molecule has 12 heteroatoms. The molecule has 2 aromatic carbocycles. The van der Waals surface area contributed by atoms with Crippen molar-refractivity contribution in [1.82, 2.24) is 4.98 Å². The third-order valence-corrected chi connectivity index (χ3v) is 4.76. The molecule has 5 nitrogen and oxygen atoms in total. The summed E-state index contributed by atoms with van der Waals surface area (Å²) in [5.41, 5.74) is 2.77. The number of nitrogens with one attached hydrogen (secondary N) is 1. The highest BCUT2D eigenvalue weighted by Gasteiger charge is 2.33. The molecule has 0 unspecified atom stereocenters. The second-order valence-electron chi connectivity index (χ2n) is 6.98. The van der Waals surface area contributed by atoms with Crippen LogP contribution in [0.1, 0.15) is 21.6 Å². The topological polar surface area (TPSA) is 80.4 Å². The normalized spacial score (nSPS) is 13.0. The molecule has 0 aliphatic rings. The molecule has 0 bridgehead atoms. The molecule has 0 saturated carbocycles. The number of anilines is 1. The molecular weight excluding hydrogens is 498 g/mol. The summed E-state index contributed by atoms with van der Waals surface area (Å²) in [4.78, 5) is 20.0. The molecule has 35 heavy (non-hydrogen) atoms. The Kier molecular flexibility index (Phi) is 7.49. The van der Waals surface area contributed by atoms with Gasteiger partial charge in [0.05, 0.1) is 16.4 Å². The molecule has 3 rings (SSSR count). The zero-order chi connectivity index (χ0) is 25.8. The smallest absolute Gasteiger partial charge is 0.395 e. The number of aromatic nitrogens is 1. The predicted octanol–water partition coefficient (Wildman–Crippen LogP) is 6.53. The Morgan fingerprint density at radius 3 is 2.14 bits per heavy atom. The van der Waals surface area contributed by atoms with Crippen molar-refractivity contribution in [3.05, 3.63) is 100 Å². The third kappa shape index (κ3) is 6.82. The van der Waals surface area contributed by atoms with Crippen molar-refractivity contribution in [1.29, 1.82) is 0 Å². The number of halogens is 7. The van der Waals surface area contributed by atoms with Crippen molar-refractivity contribution in [2.45, 2.75) is 12.4 Å². The van der Waals surface area contributed by atoms with E-state index in [1.165, 1.54) is 42.5 Å². The van der Waals surface area contributed by atoms with Crippen molar-refractivity contribution in [3.8, 4) is 0 Å². The molecule has 0 spiro atoms. The van der Waals surface area contributed by atoms with Crippen LogP contribution in [0.4, 0.5) is 37.8 Å². The van der Waals surface area contributed by atoms with Crippen LogP contribution in [0.2, 0.25) is 5.02 Å². The minimum absolute atomic E-state index is 0.0119. The Bertz CT molecular complexity index is 1280. The van der Waals surface area contributed by atoms with Gasteiger partial charge in [-0.05, 0) is 42.5 Å². The van der Waals surface area contributed by atoms with Crippen molar-refractivity contribution >= 4 is 34.7 Å². The number of nitrogens with two attached hydrogens (primary N) is 1. The average Bonchev–Trinajstić information content (AvgIpc) is 2.79. The fourth-order valence-electron chi connectivity index (χ4n) is 2.72. The van der Waals surface area contributed by atoms with Gasteiger partial charge >= 0.3 is 12.4 Å². The monoisotopic (exact) mass is 512 g/mol. The van der Waals surface area contributed by atoms with Crippen molar-refractivity contribution in [2.75, 3.05) is 5.32 Å². The molecular formula is C23H15ClF6N4O. The molecule has 0 radical (unpaired) electrons. The minimum Gasteiger partial charge on any atom is -0.395 e. The number of nitrogens with zero attached hydrogens (tertiary/aromatic N) is 2. The highest BCUT2D eigenvalue weighted by Crippen LogP contribution is 2.29. The molecule has 1 amide bonds. The maximum absolute atomic E-state index is 13.0. The zero-order valence-electron chi connectivity index (χ0n) is 17.5. The molecule has 0 aliphatic heterocycles. The summed E-state index contributed by atoms with van der Waals surface area (Å²) in [6, 6.07) is 14.4. The summed E-state index contributed by atoms with van der Waals surface area (Å²) in [6.07, 6.45) is -8.87. The summed E-state index contributed by atoms with van der Waals surface area (Å²) in [5.74, 6) is -1.10. The van der Waals surface area contributed by atoms with Gasteiger partial charge in [-0.15, -0.1) is 0 Å². The van der Waals surface area contributed by atoms with Gasteiger partial charge in [0, 0.05) is 11.1 Å². The standard InChI is InChI=1S/C23H15ClF6N4O/c24-15-4-1-2-5-16(15)32-17(12-18(31)22(25,26)27)13-8-10-14(11-9-13)21(35)34-20-7-3-6-19(33-20)23(28,29)30/h1-12H,31H2,(H,33,34,35)/b18-12-,32-17?. The fraction of sp³-hybridized carbons (Fsp3) is 0.0870. The average molecular weight is 513 g/mol. The van der Waals surface area contributed by atoms with Gasteiger partial charge < -0.3 is 11.1 Å². The van der Waals surface area contributed by atoms with Gasteiger partial charge in [0.2, 0.25) is 0 Å². The van der Waals surface area contributed by atoms with Crippen LogP contribution in [0.3, 0.4) is 0 Å². The number of alkyl halides is 6. The van der Waals surface area contributed by atoms with E-state index in [0.29, 0.717) is 6.08 Å². The van der Waals surface area contributed by atoms with Gasteiger partial charge in [-0.2, -0.15) is 26.3 Å². The quantitative estimate of drug-likeness (QED) is 0.301. The number of hydrogen-bond acceptors (Lipinski definition) is 4. The number of aliphatic imine (C=N–C) groups is 1. The van der Waals surface area contributed by atoms with Crippen LogP contribution in [0.5, 0.6) is 0 Å². The molecule has 0 saturated heterocycles. The van der Waals surface area contributed by atoms with Crippen LogP contribution in [0.15, 0.2) is 83.5 Å². The van der Waals surface area contributed by atoms with E-state index < -0.39 is 29.7 Å². The molecule has 1 heterocycles. The number of pyridine rings is 1. The van der Waals surface area contributed by atoms with Crippen LogP contribution >= 0.6 is 11.6 Å². The minimum atomic E-state index is -4.81. The molecule has 1 aromatic heterocycles. The molecule has 0 aliphatic carbocycles. The van der Waals surface area contributed by atoms with Gasteiger partial charge in [0.25, 0.3) is 5.91 Å². The van der Waals surface area contributed by atoms with Gasteiger partial charge in [-0.3, -0.25) is 4.79 Å². The second-order valence-corrected chi connectivity index (χ2v) is 7.39. The Balaban J connectivity index is 1.91. The lowest BCUT2D eigenvalue weighted by Gasteiger charge is -2.10. The summed E-state index contributed by atoms with van der Waals surface area (Å²) in [7, 11) is 0. The lowest BCUT2D eigenvalue weighted by atomic mass is 10.1. The first-order valence-electron chi connectivity index (χ1n) is 9.68. The maximum Gasteiger partial charge on any atom is 0.433 e. The highest BCUT2D eigenvalue weighted by atomic mass is 35.5. The van der Waals surface area contributed by atoms with Crippen LogP contribution in [0.25, 0.3) is 0 Å².